The average Bonchev–Trinajstić information content (AvgIpc) is 3.40. The Bertz CT molecular complexity index is 1290. The van der Waals surface area contributed by atoms with E-state index in [1.807, 2.05) is 6.07 Å². The van der Waals surface area contributed by atoms with Gasteiger partial charge in [-0.1, -0.05) is 23.7 Å². The lowest BCUT2D eigenvalue weighted by atomic mass is 10.1. The summed E-state index contributed by atoms with van der Waals surface area (Å²) in [6, 6.07) is 8.32. The largest absolute Gasteiger partial charge is 0.417 e. The highest BCUT2D eigenvalue weighted by Gasteiger charge is 2.50. The van der Waals surface area contributed by atoms with Crippen LogP contribution in [0.5, 0.6) is 0 Å². The molecule has 1 amide bonds. The van der Waals surface area contributed by atoms with Gasteiger partial charge in [0.15, 0.2) is 9.84 Å². The highest BCUT2D eigenvalue weighted by atomic mass is 35.5. The monoisotopic (exact) mass is 515 g/mol. The second-order valence-electron chi connectivity index (χ2n) is 8.35. The number of benzene rings is 2. The van der Waals surface area contributed by atoms with Gasteiger partial charge in [-0.3, -0.25) is 4.79 Å². The first-order chi connectivity index (χ1) is 15.9. The first-order valence-corrected chi connectivity index (χ1v) is 12.2. The number of sulfone groups is 1. The fourth-order valence-electron chi connectivity index (χ4n) is 4.06. The van der Waals surface area contributed by atoms with Crippen LogP contribution in [0.1, 0.15) is 24.8 Å². The van der Waals surface area contributed by atoms with Crippen molar-refractivity contribution in [3.05, 3.63) is 58.9 Å². The number of nitriles is 1. The van der Waals surface area contributed by atoms with Crippen LogP contribution in [-0.4, -0.2) is 37.7 Å². The Kier molecular flexibility index (Phi) is 6.02. The third-order valence-electron chi connectivity index (χ3n) is 6.06. The molecular formula is C22H18ClF4N3O3S. The number of hydrogen-bond donors (Lipinski definition) is 1. The summed E-state index contributed by atoms with van der Waals surface area (Å²) in [5.74, 6) is -1.36. The van der Waals surface area contributed by atoms with E-state index in [1.165, 1.54) is 23.1 Å². The predicted molar refractivity (Wildman–Crippen MR) is 115 cm³/mol. The quantitative estimate of drug-likeness (QED) is 0.606. The minimum atomic E-state index is -4.89. The standard InChI is InChI=1S/C22H18ClF4N3O3S/c23-16-9-13(5-6-17(16)24)30-11-14(10-18(30)20(31)29-21(12-28)7-8-21)34(32,33)19-4-2-1-3-15(19)22(25,26)27/h1-6,9,14,18H,7-8,10-11H2,(H,29,31)/t14-,18+/m0/s1. The van der Waals surface area contributed by atoms with Crippen molar-refractivity contribution in [1.29, 1.82) is 5.26 Å². The minimum absolute atomic E-state index is 0.232. The van der Waals surface area contributed by atoms with E-state index in [0.29, 0.717) is 18.9 Å². The molecular weight excluding hydrogens is 498 g/mol. The van der Waals surface area contributed by atoms with Crippen molar-refractivity contribution in [2.45, 2.75) is 47.2 Å². The van der Waals surface area contributed by atoms with E-state index in [4.69, 9.17) is 11.6 Å². The third-order valence-corrected chi connectivity index (χ3v) is 8.54. The number of hydrogen-bond acceptors (Lipinski definition) is 5. The Morgan fingerprint density at radius 3 is 2.47 bits per heavy atom. The van der Waals surface area contributed by atoms with Gasteiger partial charge in [-0.2, -0.15) is 18.4 Å². The van der Waals surface area contributed by atoms with Crippen LogP contribution in [-0.2, 0) is 20.8 Å². The van der Waals surface area contributed by atoms with Crippen LogP contribution in [0.4, 0.5) is 23.2 Å². The summed E-state index contributed by atoms with van der Waals surface area (Å²) in [7, 11) is -4.53. The maximum absolute atomic E-state index is 13.7. The molecule has 34 heavy (non-hydrogen) atoms. The maximum Gasteiger partial charge on any atom is 0.417 e. The van der Waals surface area contributed by atoms with E-state index in [-0.39, 0.29) is 23.7 Å². The molecule has 2 atom stereocenters. The molecule has 2 fully saturated rings. The number of carbonyl (C=O) groups excluding carboxylic acids is 1. The maximum atomic E-state index is 13.7. The van der Waals surface area contributed by atoms with Crippen molar-refractivity contribution in [1.82, 2.24) is 5.32 Å². The van der Waals surface area contributed by atoms with Crippen LogP contribution in [0.3, 0.4) is 0 Å². The van der Waals surface area contributed by atoms with Crippen LogP contribution in [0.15, 0.2) is 47.4 Å². The molecule has 0 spiro atoms. The van der Waals surface area contributed by atoms with Gasteiger partial charge in [0.2, 0.25) is 5.91 Å². The normalized spacial score (nSPS) is 21.7. The Morgan fingerprint density at radius 2 is 1.88 bits per heavy atom. The first kappa shape index (κ1) is 24.3. The van der Waals surface area contributed by atoms with Crippen molar-refractivity contribution in [2.24, 2.45) is 0 Å². The van der Waals surface area contributed by atoms with Gasteiger partial charge in [-0.05, 0) is 49.6 Å². The molecule has 12 heteroatoms. The lowest BCUT2D eigenvalue weighted by molar-refractivity contribution is -0.139. The van der Waals surface area contributed by atoms with E-state index in [9.17, 15) is 36.0 Å². The molecule has 6 nitrogen and oxygen atoms in total. The zero-order valence-electron chi connectivity index (χ0n) is 17.4. The SMILES string of the molecule is N#CC1(NC(=O)[C@H]2C[C@H](S(=O)(=O)c3ccccc3C(F)(F)F)CN2c2ccc(F)c(Cl)c2)CC1. The summed E-state index contributed by atoms with van der Waals surface area (Å²) in [4.78, 5) is 13.5. The molecule has 4 rings (SSSR count). The summed E-state index contributed by atoms with van der Waals surface area (Å²) in [5.41, 5.74) is -2.10. The van der Waals surface area contributed by atoms with E-state index in [2.05, 4.69) is 5.32 Å². The lowest BCUT2D eigenvalue weighted by Crippen LogP contribution is -2.47. The topological polar surface area (TPSA) is 90.3 Å². The Balaban J connectivity index is 1.72. The smallest absolute Gasteiger partial charge is 0.358 e. The van der Waals surface area contributed by atoms with Crippen LogP contribution in [0.25, 0.3) is 0 Å². The van der Waals surface area contributed by atoms with Gasteiger partial charge in [0.25, 0.3) is 0 Å². The van der Waals surface area contributed by atoms with Gasteiger partial charge in [-0.15, -0.1) is 0 Å². The van der Waals surface area contributed by atoms with Crippen molar-refractivity contribution in [3.63, 3.8) is 0 Å². The van der Waals surface area contributed by atoms with Gasteiger partial charge in [0.1, 0.15) is 17.4 Å². The molecule has 0 aromatic heterocycles. The minimum Gasteiger partial charge on any atom is -0.358 e. The van der Waals surface area contributed by atoms with Crippen molar-refractivity contribution in [3.8, 4) is 6.07 Å². The highest BCUT2D eigenvalue weighted by molar-refractivity contribution is 7.92. The summed E-state index contributed by atoms with van der Waals surface area (Å²) >= 11 is 5.86. The van der Waals surface area contributed by atoms with Crippen LogP contribution in [0, 0.1) is 17.1 Å². The van der Waals surface area contributed by atoms with Crippen molar-refractivity contribution in [2.75, 3.05) is 11.4 Å². The third kappa shape index (κ3) is 4.44. The number of anilines is 1. The first-order valence-electron chi connectivity index (χ1n) is 10.2. The van der Waals surface area contributed by atoms with Crippen LogP contribution in [0.2, 0.25) is 5.02 Å². The molecule has 2 aromatic carbocycles. The van der Waals surface area contributed by atoms with Crippen molar-refractivity contribution >= 4 is 33.0 Å². The molecule has 1 N–H and O–H groups in total. The fourth-order valence-corrected chi connectivity index (χ4v) is 6.14. The molecule has 1 aliphatic heterocycles. The Hall–Kier alpha value is -2.84. The number of carbonyl (C=O) groups is 1. The van der Waals surface area contributed by atoms with Gasteiger partial charge >= 0.3 is 6.18 Å². The fraction of sp³-hybridized carbons (Fsp3) is 0.364. The molecule has 1 heterocycles. The number of nitrogens with zero attached hydrogens (tertiary/aromatic N) is 2. The molecule has 180 valence electrons. The summed E-state index contributed by atoms with van der Waals surface area (Å²) in [5, 5.41) is 10.3. The number of alkyl halides is 3. The van der Waals surface area contributed by atoms with E-state index in [0.717, 1.165) is 18.2 Å². The molecule has 0 radical (unpaired) electrons. The zero-order chi connectivity index (χ0) is 24.9. The summed E-state index contributed by atoms with van der Waals surface area (Å²) < 4.78 is 80.9. The van der Waals surface area contributed by atoms with Crippen LogP contribution >= 0.6 is 11.6 Å². The molecule has 1 saturated carbocycles. The number of rotatable bonds is 5. The van der Waals surface area contributed by atoms with Gasteiger partial charge in [0.05, 0.1) is 26.8 Å². The summed E-state index contributed by atoms with van der Waals surface area (Å²) in [6.07, 6.45) is -4.35. The molecule has 1 saturated heterocycles. The van der Waals surface area contributed by atoms with Gasteiger partial charge in [0, 0.05) is 12.2 Å². The Labute approximate surface area is 198 Å². The molecule has 2 aromatic rings. The average molecular weight is 516 g/mol. The van der Waals surface area contributed by atoms with Crippen LogP contribution < -0.4 is 10.2 Å². The summed E-state index contributed by atoms with van der Waals surface area (Å²) in [6.45, 7) is -0.325. The molecule has 2 aliphatic rings. The second-order valence-corrected chi connectivity index (χ2v) is 11.0. The molecule has 1 aliphatic carbocycles. The van der Waals surface area contributed by atoms with Crippen molar-refractivity contribution < 1.29 is 30.8 Å². The van der Waals surface area contributed by atoms with E-state index >= 15 is 0 Å². The highest BCUT2D eigenvalue weighted by Crippen LogP contribution is 2.40. The number of halogens is 5. The molecule has 0 unspecified atom stereocenters. The predicted octanol–water partition coefficient (Wildman–Crippen LogP) is 4.09. The second kappa shape index (κ2) is 8.43. The van der Waals surface area contributed by atoms with Gasteiger partial charge in [-0.25, -0.2) is 12.8 Å². The zero-order valence-corrected chi connectivity index (χ0v) is 19.0. The number of nitrogens with one attached hydrogen (secondary N) is 1. The number of amides is 1. The van der Waals surface area contributed by atoms with E-state index < -0.39 is 55.0 Å². The molecule has 0 bridgehead atoms. The van der Waals surface area contributed by atoms with E-state index in [1.54, 1.807) is 0 Å². The lowest BCUT2D eigenvalue weighted by Gasteiger charge is -2.27. The van der Waals surface area contributed by atoms with Gasteiger partial charge < -0.3 is 10.2 Å². The Morgan fingerprint density at radius 1 is 1.21 bits per heavy atom.